The van der Waals surface area contributed by atoms with Crippen LogP contribution in [0, 0.1) is 29.1 Å². The van der Waals surface area contributed by atoms with Gasteiger partial charge in [0.1, 0.15) is 24.5 Å². The van der Waals surface area contributed by atoms with Crippen LogP contribution in [0.2, 0.25) is 0 Å². The van der Waals surface area contributed by atoms with Gasteiger partial charge in [0, 0.05) is 62.5 Å². The molecule has 3 saturated carbocycles. The summed E-state index contributed by atoms with van der Waals surface area (Å²) in [6.07, 6.45) is 0.414. The van der Waals surface area contributed by atoms with Crippen LogP contribution >= 0.6 is 0 Å². The summed E-state index contributed by atoms with van der Waals surface area (Å²) in [6.45, 7) is 12.3. The third kappa shape index (κ3) is 7.63. The number of nitrogens with zero attached hydrogens (tertiary/aromatic N) is 3. The summed E-state index contributed by atoms with van der Waals surface area (Å²) in [7, 11) is 3.73. The van der Waals surface area contributed by atoms with Gasteiger partial charge in [-0.25, -0.2) is 4.79 Å². The van der Waals surface area contributed by atoms with Crippen LogP contribution in [-0.2, 0) is 20.9 Å². The first-order valence-electron chi connectivity index (χ1n) is 18.4. The van der Waals surface area contributed by atoms with Crippen molar-refractivity contribution in [3.63, 3.8) is 0 Å². The van der Waals surface area contributed by atoms with Crippen molar-refractivity contribution < 1.29 is 39.2 Å². The second-order valence-corrected chi connectivity index (χ2v) is 15.8. The fourth-order valence-electron chi connectivity index (χ4n) is 9.01. The molecule has 2 aromatic rings. The number of morpholine rings is 1. The molecule has 12 nitrogen and oxygen atoms in total. The minimum atomic E-state index is -1.03. The summed E-state index contributed by atoms with van der Waals surface area (Å²) in [5.74, 6) is 0.0722. The number of aliphatic hydroxyl groups excluding tert-OH is 2. The summed E-state index contributed by atoms with van der Waals surface area (Å²) >= 11 is 0. The van der Waals surface area contributed by atoms with E-state index < -0.39 is 30.1 Å². The number of hydrogen-bond donors (Lipinski definition) is 4. The van der Waals surface area contributed by atoms with Gasteiger partial charge in [0.05, 0.1) is 38.0 Å². The molecule has 51 heavy (non-hydrogen) atoms. The molecule has 1 unspecified atom stereocenters. The lowest BCUT2D eigenvalue weighted by molar-refractivity contribution is -0.183. The average Bonchev–Trinajstić information content (AvgIpc) is 3.48. The zero-order chi connectivity index (χ0) is 36.6. The third-order valence-corrected chi connectivity index (χ3v) is 12.2. The van der Waals surface area contributed by atoms with Gasteiger partial charge in [0.25, 0.3) is 0 Å². The molecule has 4 N–H and O–H groups in total. The lowest BCUT2D eigenvalue weighted by Gasteiger charge is -2.62. The molecule has 0 radical (unpaired) electrons. The molecule has 0 aromatic heterocycles. The van der Waals surface area contributed by atoms with Crippen LogP contribution in [-0.4, -0.2) is 122 Å². The van der Waals surface area contributed by atoms with E-state index in [1.54, 1.807) is 24.1 Å². The maximum Gasteiger partial charge on any atom is 0.335 e. The lowest BCUT2D eigenvalue weighted by atomic mass is 9.45. The fourth-order valence-corrected chi connectivity index (χ4v) is 9.01. The number of benzene rings is 2. The van der Waals surface area contributed by atoms with E-state index in [4.69, 9.17) is 14.3 Å². The number of hydrogen-bond acceptors (Lipinski definition) is 10. The van der Waals surface area contributed by atoms with E-state index in [9.17, 15) is 24.9 Å². The van der Waals surface area contributed by atoms with Gasteiger partial charge in [-0.2, -0.15) is 5.06 Å². The topological polar surface area (TPSA) is 144 Å². The summed E-state index contributed by atoms with van der Waals surface area (Å²) in [6, 6.07) is 10.1. The van der Waals surface area contributed by atoms with E-state index in [2.05, 4.69) is 31.0 Å². The van der Waals surface area contributed by atoms with Crippen LogP contribution in [0.1, 0.15) is 56.5 Å². The molecule has 2 bridgehead atoms. The summed E-state index contributed by atoms with van der Waals surface area (Å²) < 4.78 is 12.1. The predicted molar refractivity (Wildman–Crippen MR) is 193 cm³/mol. The number of carbonyl (C=O) groups excluding carboxylic acids is 1. The number of carboxylic acids is 1. The second-order valence-electron chi connectivity index (χ2n) is 15.8. The van der Waals surface area contributed by atoms with E-state index in [1.165, 1.54) is 6.42 Å². The quantitative estimate of drug-likeness (QED) is 0.243. The first-order chi connectivity index (χ1) is 24.3. The molecular weight excluding hydrogens is 652 g/mol. The molecule has 12 heteroatoms. The van der Waals surface area contributed by atoms with Gasteiger partial charge in [-0.05, 0) is 66.7 Å². The molecule has 5 aliphatic rings. The number of rotatable bonds is 13. The van der Waals surface area contributed by atoms with E-state index in [-0.39, 0.29) is 36.1 Å². The van der Waals surface area contributed by atoms with Gasteiger partial charge in [0.2, 0.25) is 5.91 Å². The number of fused-ring (bicyclic) bond motifs is 2. The Hall–Kier alpha value is -3.26. The zero-order valence-electron chi connectivity index (χ0n) is 30.9. The van der Waals surface area contributed by atoms with Crippen LogP contribution in [0.15, 0.2) is 36.4 Å². The van der Waals surface area contributed by atoms with Gasteiger partial charge in [-0.1, -0.05) is 39.0 Å². The number of aliphatic hydroxyl groups is 2. The van der Waals surface area contributed by atoms with E-state index >= 15 is 0 Å². The Morgan fingerprint density at radius 3 is 2.51 bits per heavy atom. The second kappa shape index (κ2) is 15.4. The van der Waals surface area contributed by atoms with Crippen molar-refractivity contribution in [2.24, 2.45) is 29.1 Å². The average molecular weight is 709 g/mol. The number of para-hydroxylation sites is 1. The third-order valence-electron chi connectivity index (χ3n) is 12.2. The van der Waals surface area contributed by atoms with Gasteiger partial charge in [-0.15, -0.1) is 0 Å². The van der Waals surface area contributed by atoms with Crippen molar-refractivity contribution in [3.8, 4) is 16.9 Å². The van der Waals surface area contributed by atoms with Crippen molar-refractivity contribution in [2.45, 2.75) is 71.4 Å². The van der Waals surface area contributed by atoms with E-state index in [0.29, 0.717) is 61.0 Å². The van der Waals surface area contributed by atoms with Crippen molar-refractivity contribution in [1.29, 1.82) is 0 Å². The molecule has 7 rings (SSSR count). The summed E-state index contributed by atoms with van der Waals surface area (Å²) in [4.78, 5) is 36.9. The molecule has 2 saturated heterocycles. The molecule has 0 spiro atoms. The number of anilines is 1. The zero-order valence-corrected chi connectivity index (χ0v) is 30.9. The number of carboxylic acid groups (broad SMARTS) is 1. The minimum absolute atomic E-state index is 0.0220. The highest BCUT2D eigenvalue weighted by molar-refractivity contribution is 5.92. The lowest BCUT2D eigenvalue weighted by Crippen LogP contribution is -2.62. The van der Waals surface area contributed by atoms with Crippen LogP contribution < -0.4 is 15.0 Å². The number of amides is 1. The number of nitrogens with one attached hydrogen (secondary N) is 1. The van der Waals surface area contributed by atoms with Crippen molar-refractivity contribution >= 4 is 17.6 Å². The molecular formula is C39H56N4O8. The number of aromatic carboxylic acids is 1. The highest BCUT2D eigenvalue weighted by Gasteiger charge is 2.57. The first-order valence-corrected chi connectivity index (χ1v) is 18.4. The minimum Gasteiger partial charge on any atom is -0.491 e. The Morgan fingerprint density at radius 2 is 1.88 bits per heavy atom. The summed E-state index contributed by atoms with van der Waals surface area (Å²) in [5.41, 5.74) is 3.29. The molecule has 2 heterocycles. The first kappa shape index (κ1) is 37.5. The molecule has 8 atom stereocenters. The Balaban J connectivity index is 1.33. The number of ether oxygens (including phenoxy) is 2. The van der Waals surface area contributed by atoms with Gasteiger partial charge < -0.3 is 35.0 Å². The number of hydroxylamine groups is 2. The van der Waals surface area contributed by atoms with E-state index in [1.807, 2.05) is 43.3 Å². The predicted octanol–water partition coefficient (Wildman–Crippen LogP) is 3.49. The fraction of sp³-hybridized carbons (Fsp3) is 0.641. The van der Waals surface area contributed by atoms with Crippen LogP contribution in [0.3, 0.4) is 0 Å². The molecule has 1 amide bonds. The van der Waals surface area contributed by atoms with Crippen LogP contribution in [0.5, 0.6) is 5.75 Å². The molecule has 5 fully saturated rings. The molecule has 2 aromatic carbocycles. The largest absolute Gasteiger partial charge is 0.491 e. The molecule has 280 valence electrons. The molecule has 2 aliphatic heterocycles. The van der Waals surface area contributed by atoms with Gasteiger partial charge >= 0.3 is 5.97 Å². The highest BCUT2D eigenvalue weighted by Crippen LogP contribution is 2.61. The summed E-state index contributed by atoms with van der Waals surface area (Å²) in [5, 5.41) is 36.3. The van der Waals surface area contributed by atoms with E-state index in [0.717, 1.165) is 30.8 Å². The van der Waals surface area contributed by atoms with Crippen molar-refractivity contribution in [1.82, 2.24) is 15.3 Å². The SMILES string of the molecule is C[C@H](O)[C@@H]1[C@H](CO)ON(Cc2cccc(-c3cc(C(=O)O)cc(N(C)C)c3)c2OCCN2CCOCC2)[C@@H]1C(=O)N[C@H]1C[C@H]2CC([C@@H]1C)C2(C)C. The van der Waals surface area contributed by atoms with Crippen LogP contribution in [0.4, 0.5) is 5.69 Å². The Kier molecular flexibility index (Phi) is 11.3. The molecule has 3 aliphatic carbocycles. The monoisotopic (exact) mass is 708 g/mol. The van der Waals surface area contributed by atoms with Crippen molar-refractivity contribution in [3.05, 3.63) is 47.5 Å². The van der Waals surface area contributed by atoms with Gasteiger partial charge in [0.15, 0.2) is 0 Å². The Bertz CT molecular complexity index is 1560. The Morgan fingerprint density at radius 1 is 1.14 bits per heavy atom. The smallest absolute Gasteiger partial charge is 0.335 e. The maximum absolute atomic E-state index is 14.3. The van der Waals surface area contributed by atoms with Crippen LogP contribution in [0.25, 0.3) is 11.1 Å². The van der Waals surface area contributed by atoms with Gasteiger partial charge in [-0.3, -0.25) is 14.5 Å². The number of carbonyl (C=O) groups is 2. The Labute approximate surface area is 301 Å². The van der Waals surface area contributed by atoms with Crippen molar-refractivity contribution in [2.75, 3.05) is 65.1 Å². The maximum atomic E-state index is 14.3. The normalized spacial score (nSPS) is 29.6. The standard InChI is InChI=1S/C39H56N4O8/c1-23-31-19-28(39(31,3)4)20-32(23)40-37(46)35-34(24(2)45)33(22-44)51-43(35)21-25-8-7-9-30(36(25)50-15-12-42-10-13-49-14-11-42)26-16-27(38(47)48)18-29(17-26)41(5)6/h7-9,16-18,23-24,28,31-35,44-45H,10-15,19-22H2,1-6H3,(H,40,46)(H,47,48)/t23-,24-,28+,31?,32-,33-,34+,35-/m0/s1. The highest BCUT2D eigenvalue weighted by atomic mass is 16.7.